The molecule has 2 rings (SSSR count). The molecule has 1 fully saturated rings. The number of halogens is 1. The van der Waals surface area contributed by atoms with Gasteiger partial charge in [0.15, 0.2) is 11.9 Å². The van der Waals surface area contributed by atoms with Crippen molar-refractivity contribution >= 4 is 17.9 Å². The van der Waals surface area contributed by atoms with Crippen molar-refractivity contribution in [2.45, 2.75) is 44.8 Å². The molecule has 1 aliphatic rings. The lowest BCUT2D eigenvalue weighted by molar-refractivity contribution is -0.113. The summed E-state index contributed by atoms with van der Waals surface area (Å²) >= 11 is 5.88. The van der Waals surface area contributed by atoms with Gasteiger partial charge in [0.25, 0.3) is 0 Å². The summed E-state index contributed by atoms with van der Waals surface area (Å²) in [5.74, 6) is 0.197. The summed E-state index contributed by atoms with van der Waals surface area (Å²) in [6.45, 7) is 6.14. The van der Waals surface area contributed by atoms with Crippen LogP contribution in [-0.2, 0) is 16.0 Å². The van der Waals surface area contributed by atoms with Gasteiger partial charge in [-0.25, -0.2) is 0 Å². The van der Waals surface area contributed by atoms with Crippen LogP contribution < -0.4 is 0 Å². The van der Waals surface area contributed by atoms with Crippen molar-refractivity contribution in [3.05, 3.63) is 34.9 Å². The highest BCUT2D eigenvalue weighted by atomic mass is 35.5. The Morgan fingerprint density at radius 3 is 2.33 bits per heavy atom. The van der Waals surface area contributed by atoms with E-state index in [-0.39, 0.29) is 11.5 Å². The fourth-order valence-electron chi connectivity index (χ4n) is 2.79. The zero-order valence-electron chi connectivity index (χ0n) is 11.1. The summed E-state index contributed by atoms with van der Waals surface area (Å²) in [4.78, 5) is 11.4. The lowest BCUT2D eigenvalue weighted by Crippen LogP contribution is -2.34. The number of rotatable bonds is 5. The summed E-state index contributed by atoms with van der Waals surface area (Å²) in [7, 11) is 0. The number of carbonyl (C=O) groups is 1. The smallest absolute Gasteiger partial charge is 0.155 e. The molecule has 0 amide bonds. The van der Waals surface area contributed by atoms with Gasteiger partial charge in [-0.15, -0.1) is 0 Å². The molecule has 2 unspecified atom stereocenters. The lowest BCUT2D eigenvalue weighted by Gasteiger charge is -2.17. The van der Waals surface area contributed by atoms with Crippen LogP contribution in [0, 0.1) is 5.92 Å². The molecule has 2 nitrogen and oxygen atoms in total. The van der Waals surface area contributed by atoms with Gasteiger partial charge in [-0.2, -0.15) is 0 Å². The fourth-order valence-corrected chi connectivity index (χ4v) is 2.91. The van der Waals surface area contributed by atoms with Crippen molar-refractivity contribution in [2.24, 2.45) is 5.92 Å². The van der Waals surface area contributed by atoms with E-state index in [0.717, 1.165) is 29.7 Å². The van der Waals surface area contributed by atoms with Crippen LogP contribution in [0.2, 0.25) is 5.02 Å². The average Bonchev–Trinajstić information content (AvgIpc) is 3.02. The van der Waals surface area contributed by atoms with Gasteiger partial charge in [0.2, 0.25) is 0 Å². The summed E-state index contributed by atoms with van der Waals surface area (Å²) in [5, 5.41) is 0.728. The molecule has 0 saturated carbocycles. The maximum atomic E-state index is 11.4. The fraction of sp³-hybridized carbons (Fsp3) is 0.533. The Hall–Kier alpha value is -0.860. The highest BCUT2D eigenvalue weighted by Gasteiger charge is 2.70. The van der Waals surface area contributed by atoms with Gasteiger partial charge in [-0.1, -0.05) is 44.5 Å². The molecule has 0 N–H and O–H groups in total. The van der Waals surface area contributed by atoms with Crippen LogP contribution in [0.4, 0.5) is 0 Å². The first-order chi connectivity index (χ1) is 8.49. The third-order valence-electron chi connectivity index (χ3n) is 4.04. The third kappa shape index (κ3) is 1.98. The van der Waals surface area contributed by atoms with E-state index in [1.807, 2.05) is 38.1 Å². The average molecular weight is 267 g/mol. The number of benzene rings is 1. The number of carbonyl (C=O) groups excluding carboxylic acids is 1. The number of epoxide rings is 1. The molecule has 0 bridgehead atoms. The SMILES string of the molecule is CCC1(Cc2ccc(Cl)cc2)OC1(C=O)C(C)C. The monoisotopic (exact) mass is 266 g/mol. The van der Waals surface area contributed by atoms with E-state index < -0.39 is 5.60 Å². The van der Waals surface area contributed by atoms with Crippen molar-refractivity contribution in [3.8, 4) is 0 Å². The number of hydrogen-bond acceptors (Lipinski definition) is 2. The van der Waals surface area contributed by atoms with Crippen LogP contribution in [0.15, 0.2) is 24.3 Å². The minimum Gasteiger partial charge on any atom is -0.354 e. The molecule has 0 radical (unpaired) electrons. The molecular formula is C15H19ClO2. The molecule has 98 valence electrons. The molecule has 1 aromatic rings. The molecule has 1 aromatic carbocycles. The molecule has 1 aliphatic heterocycles. The van der Waals surface area contributed by atoms with Crippen LogP contribution in [-0.4, -0.2) is 17.5 Å². The summed E-state index contributed by atoms with van der Waals surface area (Å²) in [6.07, 6.45) is 2.58. The van der Waals surface area contributed by atoms with Crippen LogP contribution in [0.3, 0.4) is 0 Å². The van der Waals surface area contributed by atoms with Crippen LogP contribution in [0.1, 0.15) is 32.8 Å². The van der Waals surface area contributed by atoms with Crippen molar-refractivity contribution in [3.63, 3.8) is 0 Å². The molecular weight excluding hydrogens is 248 g/mol. The maximum Gasteiger partial charge on any atom is 0.155 e. The van der Waals surface area contributed by atoms with Crippen molar-refractivity contribution in [2.75, 3.05) is 0 Å². The standard InChI is InChI=1S/C15H19ClO2/c1-4-14(15(10-17,18-14)11(2)3)9-12-5-7-13(16)8-6-12/h5-8,10-11H,4,9H2,1-3H3. The molecule has 0 aliphatic carbocycles. The molecule has 1 heterocycles. The number of hydrogen-bond donors (Lipinski definition) is 0. The minimum absolute atomic E-state index is 0.197. The van der Waals surface area contributed by atoms with Gasteiger partial charge >= 0.3 is 0 Å². The zero-order chi connectivity index (χ0) is 13.4. The van der Waals surface area contributed by atoms with E-state index in [1.165, 1.54) is 0 Å². The van der Waals surface area contributed by atoms with Crippen LogP contribution >= 0.6 is 11.6 Å². The molecule has 3 heteroatoms. The summed E-state index contributed by atoms with van der Waals surface area (Å²) < 4.78 is 5.89. The predicted molar refractivity (Wildman–Crippen MR) is 72.9 cm³/mol. The molecule has 1 saturated heterocycles. The zero-order valence-corrected chi connectivity index (χ0v) is 11.8. The second-order valence-electron chi connectivity index (χ2n) is 5.32. The quantitative estimate of drug-likeness (QED) is 0.601. The summed E-state index contributed by atoms with van der Waals surface area (Å²) in [5.41, 5.74) is 0.212. The van der Waals surface area contributed by atoms with Gasteiger partial charge < -0.3 is 4.74 Å². The molecule has 18 heavy (non-hydrogen) atoms. The Balaban J connectivity index is 2.21. The van der Waals surface area contributed by atoms with Gasteiger partial charge in [0.05, 0.1) is 0 Å². The van der Waals surface area contributed by atoms with Crippen molar-refractivity contribution in [1.29, 1.82) is 0 Å². The second-order valence-corrected chi connectivity index (χ2v) is 5.76. The minimum atomic E-state index is -0.610. The normalized spacial score (nSPS) is 30.5. The van der Waals surface area contributed by atoms with Gasteiger partial charge in [0.1, 0.15) is 5.60 Å². The number of aldehydes is 1. The van der Waals surface area contributed by atoms with Crippen LogP contribution in [0.25, 0.3) is 0 Å². The third-order valence-corrected chi connectivity index (χ3v) is 4.29. The van der Waals surface area contributed by atoms with E-state index in [1.54, 1.807) is 0 Å². The molecule has 2 atom stereocenters. The highest BCUT2D eigenvalue weighted by Crippen LogP contribution is 2.55. The number of ether oxygens (including phenoxy) is 1. The molecule has 0 aromatic heterocycles. The summed E-state index contributed by atoms with van der Waals surface area (Å²) in [6, 6.07) is 7.75. The second kappa shape index (κ2) is 4.67. The van der Waals surface area contributed by atoms with E-state index in [0.29, 0.717) is 0 Å². The lowest BCUT2D eigenvalue weighted by atomic mass is 9.79. The maximum absolute atomic E-state index is 11.4. The highest BCUT2D eigenvalue weighted by molar-refractivity contribution is 6.30. The van der Waals surface area contributed by atoms with E-state index >= 15 is 0 Å². The first-order valence-corrected chi connectivity index (χ1v) is 6.78. The van der Waals surface area contributed by atoms with Crippen LogP contribution in [0.5, 0.6) is 0 Å². The van der Waals surface area contributed by atoms with Gasteiger partial charge in [0, 0.05) is 11.4 Å². The Morgan fingerprint density at radius 2 is 1.94 bits per heavy atom. The van der Waals surface area contributed by atoms with Gasteiger partial charge in [-0.3, -0.25) is 4.79 Å². The molecule has 0 spiro atoms. The largest absolute Gasteiger partial charge is 0.354 e. The van der Waals surface area contributed by atoms with Crippen molar-refractivity contribution in [1.82, 2.24) is 0 Å². The topological polar surface area (TPSA) is 29.6 Å². The first-order valence-electron chi connectivity index (χ1n) is 6.40. The van der Waals surface area contributed by atoms with E-state index in [4.69, 9.17) is 16.3 Å². The first kappa shape index (κ1) is 13.6. The van der Waals surface area contributed by atoms with Crippen molar-refractivity contribution < 1.29 is 9.53 Å². The van der Waals surface area contributed by atoms with E-state index in [2.05, 4.69) is 6.92 Å². The Bertz CT molecular complexity index is 440. The predicted octanol–water partition coefficient (Wildman–Crippen LogP) is 3.66. The Labute approximate surface area is 113 Å². The Morgan fingerprint density at radius 1 is 1.33 bits per heavy atom. The van der Waals surface area contributed by atoms with E-state index in [9.17, 15) is 4.79 Å². The van der Waals surface area contributed by atoms with Gasteiger partial charge in [-0.05, 0) is 30.0 Å². The Kier molecular flexibility index (Phi) is 3.52.